The van der Waals surface area contributed by atoms with Crippen LogP contribution in [-0.2, 0) is 12.8 Å². The van der Waals surface area contributed by atoms with Gasteiger partial charge in [0.25, 0.3) is 5.91 Å². The number of hydrogen-bond acceptors (Lipinski definition) is 3. The molecule has 1 aliphatic carbocycles. The Labute approximate surface area is 158 Å². The summed E-state index contributed by atoms with van der Waals surface area (Å²) in [5.41, 5.74) is 11.5. The standard InChI is InChI=1S/C22H25N3O2/c1-22(2,3)14-7-8-16-13(9-14)11-17-19(24-16)18(20(25-17)21(23)27)12-5-4-6-15(26)10-12/h4-6,10-11,14,25-26H,7-9H2,1-3H3,(H2,23,27). The van der Waals surface area contributed by atoms with E-state index >= 15 is 0 Å². The lowest BCUT2D eigenvalue weighted by atomic mass is 9.71. The molecule has 3 aromatic rings. The van der Waals surface area contributed by atoms with Crippen LogP contribution in [0.1, 0.15) is 48.9 Å². The number of H-pyrrole nitrogens is 1. The van der Waals surface area contributed by atoms with Crippen molar-refractivity contribution in [2.45, 2.75) is 40.0 Å². The van der Waals surface area contributed by atoms with E-state index in [9.17, 15) is 9.90 Å². The molecular weight excluding hydrogens is 338 g/mol. The number of aromatic nitrogens is 2. The second-order valence-electron chi connectivity index (χ2n) is 8.59. The predicted molar refractivity (Wildman–Crippen MR) is 107 cm³/mol. The molecule has 4 rings (SSSR count). The highest BCUT2D eigenvalue weighted by Crippen LogP contribution is 2.39. The number of pyridine rings is 1. The number of nitrogens with two attached hydrogens (primary N) is 1. The van der Waals surface area contributed by atoms with Gasteiger partial charge in [0.2, 0.25) is 0 Å². The minimum atomic E-state index is -0.531. The summed E-state index contributed by atoms with van der Waals surface area (Å²) in [6.45, 7) is 6.86. The van der Waals surface area contributed by atoms with E-state index in [1.165, 1.54) is 5.56 Å². The highest BCUT2D eigenvalue weighted by molar-refractivity contribution is 6.08. The third-order valence-electron chi connectivity index (χ3n) is 5.74. The minimum Gasteiger partial charge on any atom is -0.508 e. The van der Waals surface area contributed by atoms with Crippen LogP contribution in [0.4, 0.5) is 0 Å². The number of aromatic hydroxyl groups is 1. The number of phenolic OH excluding ortho intramolecular Hbond substituents is 1. The largest absolute Gasteiger partial charge is 0.508 e. The SMILES string of the molecule is CC(C)(C)C1CCc2nc3c(-c4cccc(O)c4)c(C(N)=O)[nH]c3cc2C1. The van der Waals surface area contributed by atoms with E-state index in [0.717, 1.165) is 41.6 Å². The molecule has 5 heteroatoms. The molecule has 2 heterocycles. The van der Waals surface area contributed by atoms with Crippen molar-refractivity contribution in [3.63, 3.8) is 0 Å². The van der Waals surface area contributed by atoms with Crippen LogP contribution in [0.25, 0.3) is 22.2 Å². The summed E-state index contributed by atoms with van der Waals surface area (Å²) in [5.74, 6) is 0.223. The van der Waals surface area contributed by atoms with E-state index in [1.54, 1.807) is 18.2 Å². The van der Waals surface area contributed by atoms with Crippen molar-refractivity contribution >= 4 is 16.9 Å². The van der Waals surface area contributed by atoms with E-state index in [-0.39, 0.29) is 11.2 Å². The lowest BCUT2D eigenvalue weighted by Gasteiger charge is -2.34. The van der Waals surface area contributed by atoms with Gasteiger partial charge >= 0.3 is 0 Å². The maximum absolute atomic E-state index is 12.1. The van der Waals surface area contributed by atoms with Crippen LogP contribution in [-0.4, -0.2) is 21.0 Å². The molecule has 1 amide bonds. The molecule has 1 atom stereocenters. The maximum Gasteiger partial charge on any atom is 0.265 e. The number of carbonyl (C=O) groups excluding carboxylic acids is 1. The fraction of sp³-hybridized carbons (Fsp3) is 0.364. The molecule has 1 aromatic carbocycles. The van der Waals surface area contributed by atoms with Gasteiger partial charge < -0.3 is 15.8 Å². The quantitative estimate of drug-likeness (QED) is 0.637. The lowest BCUT2D eigenvalue weighted by Crippen LogP contribution is -2.27. The third-order valence-corrected chi connectivity index (χ3v) is 5.74. The Morgan fingerprint density at radius 1 is 1.30 bits per heavy atom. The normalized spacial score (nSPS) is 17.1. The molecule has 5 nitrogen and oxygen atoms in total. The smallest absolute Gasteiger partial charge is 0.265 e. The number of carbonyl (C=O) groups is 1. The van der Waals surface area contributed by atoms with Gasteiger partial charge in [-0.2, -0.15) is 0 Å². The first-order chi connectivity index (χ1) is 12.7. The first kappa shape index (κ1) is 17.6. The van der Waals surface area contributed by atoms with Gasteiger partial charge in [-0.1, -0.05) is 32.9 Å². The van der Waals surface area contributed by atoms with Gasteiger partial charge in [0.05, 0.1) is 11.0 Å². The molecule has 0 fully saturated rings. The molecular formula is C22H25N3O2. The Morgan fingerprint density at radius 3 is 2.74 bits per heavy atom. The number of aryl methyl sites for hydroxylation is 1. The van der Waals surface area contributed by atoms with Crippen LogP contribution in [0.15, 0.2) is 30.3 Å². The zero-order valence-corrected chi connectivity index (χ0v) is 16.0. The summed E-state index contributed by atoms with van der Waals surface area (Å²) < 4.78 is 0. The maximum atomic E-state index is 12.1. The number of nitrogens with one attached hydrogen (secondary N) is 1. The van der Waals surface area contributed by atoms with Gasteiger partial charge in [0.1, 0.15) is 11.4 Å². The number of amides is 1. The molecule has 27 heavy (non-hydrogen) atoms. The molecule has 2 aromatic heterocycles. The molecule has 140 valence electrons. The number of primary amides is 1. The number of phenols is 1. The van der Waals surface area contributed by atoms with Gasteiger partial charge in [0, 0.05) is 11.3 Å². The molecule has 0 bridgehead atoms. The van der Waals surface area contributed by atoms with Crippen molar-refractivity contribution in [3.8, 4) is 16.9 Å². The molecule has 0 saturated heterocycles. The molecule has 0 radical (unpaired) electrons. The number of rotatable bonds is 2. The van der Waals surface area contributed by atoms with Crippen molar-refractivity contribution in [1.82, 2.24) is 9.97 Å². The number of benzene rings is 1. The van der Waals surface area contributed by atoms with Gasteiger partial charge in [0.15, 0.2) is 0 Å². The average Bonchev–Trinajstić information content (AvgIpc) is 2.97. The van der Waals surface area contributed by atoms with E-state index in [2.05, 4.69) is 31.8 Å². The number of fused-ring (bicyclic) bond motifs is 2. The van der Waals surface area contributed by atoms with Crippen molar-refractivity contribution in [1.29, 1.82) is 0 Å². The monoisotopic (exact) mass is 363 g/mol. The fourth-order valence-electron chi connectivity index (χ4n) is 4.13. The topological polar surface area (TPSA) is 92.0 Å². The van der Waals surface area contributed by atoms with E-state index in [4.69, 9.17) is 10.7 Å². The van der Waals surface area contributed by atoms with Gasteiger partial charge in [-0.15, -0.1) is 0 Å². The Bertz CT molecular complexity index is 1040. The summed E-state index contributed by atoms with van der Waals surface area (Å²) in [5, 5.41) is 9.86. The Balaban J connectivity index is 1.90. The minimum absolute atomic E-state index is 0.142. The summed E-state index contributed by atoms with van der Waals surface area (Å²) in [6, 6.07) is 8.95. The molecule has 0 aliphatic heterocycles. The van der Waals surface area contributed by atoms with Gasteiger partial charge in [-0.05, 0) is 59.9 Å². The van der Waals surface area contributed by atoms with E-state index in [0.29, 0.717) is 17.2 Å². The number of nitrogens with zero attached hydrogens (tertiary/aromatic N) is 1. The lowest BCUT2D eigenvalue weighted by molar-refractivity contribution is 0.0997. The zero-order valence-electron chi connectivity index (χ0n) is 16.0. The van der Waals surface area contributed by atoms with Gasteiger partial charge in [-0.25, -0.2) is 0 Å². The van der Waals surface area contributed by atoms with Crippen molar-refractivity contribution in [3.05, 3.63) is 47.3 Å². The summed E-state index contributed by atoms with van der Waals surface area (Å²) >= 11 is 0. The second kappa shape index (κ2) is 6.12. The second-order valence-corrected chi connectivity index (χ2v) is 8.59. The van der Waals surface area contributed by atoms with Crippen LogP contribution in [0.5, 0.6) is 5.75 Å². The van der Waals surface area contributed by atoms with Crippen LogP contribution < -0.4 is 5.73 Å². The molecule has 1 aliphatic rings. The fourth-order valence-corrected chi connectivity index (χ4v) is 4.13. The van der Waals surface area contributed by atoms with Crippen LogP contribution >= 0.6 is 0 Å². The predicted octanol–water partition coefficient (Wildman–Crippen LogP) is 4.19. The van der Waals surface area contributed by atoms with Gasteiger partial charge in [-0.3, -0.25) is 9.78 Å². The third kappa shape index (κ3) is 3.07. The number of hydrogen-bond donors (Lipinski definition) is 3. The Kier molecular flexibility index (Phi) is 3.98. The first-order valence-corrected chi connectivity index (χ1v) is 9.37. The van der Waals surface area contributed by atoms with Crippen molar-refractivity contribution < 1.29 is 9.90 Å². The summed E-state index contributed by atoms with van der Waals surface area (Å²) in [7, 11) is 0. The van der Waals surface area contributed by atoms with E-state index in [1.807, 2.05) is 6.07 Å². The van der Waals surface area contributed by atoms with Crippen molar-refractivity contribution in [2.75, 3.05) is 0 Å². The average molecular weight is 363 g/mol. The number of aromatic amines is 1. The van der Waals surface area contributed by atoms with Crippen LogP contribution in [0.2, 0.25) is 0 Å². The Hall–Kier alpha value is -2.82. The highest BCUT2D eigenvalue weighted by Gasteiger charge is 2.30. The highest BCUT2D eigenvalue weighted by atomic mass is 16.3. The molecule has 1 unspecified atom stereocenters. The van der Waals surface area contributed by atoms with E-state index < -0.39 is 5.91 Å². The summed E-state index contributed by atoms with van der Waals surface area (Å²) in [6.07, 6.45) is 3.04. The zero-order chi connectivity index (χ0) is 19.3. The summed E-state index contributed by atoms with van der Waals surface area (Å²) in [4.78, 5) is 20.1. The van der Waals surface area contributed by atoms with Crippen LogP contribution in [0, 0.1) is 11.3 Å². The molecule has 0 spiro atoms. The molecule has 0 saturated carbocycles. The first-order valence-electron chi connectivity index (χ1n) is 9.37. The molecule has 4 N–H and O–H groups in total. The Morgan fingerprint density at radius 2 is 2.07 bits per heavy atom. The van der Waals surface area contributed by atoms with Crippen molar-refractivity contribution in [2.24, 2.45) is 17.1 Å². The van der Waals surface area contributed by atoms with Crippen LogP contribution in [0.3, 0.4) is 0 Å².